The zero-order valence-corrected chi connectivity index (χ0v) is 12.5. The van der Waals surface area contributed by atoms with Gasteiger partial charge in [-0.25, -0.2) is 0 Å². The zero-order valence-electron chi connectivity index (χ0n) is 10.9. The molecule has 0 bridgehead atoms. The van der Waals surface area contributed by atoms with Crippen LogP contribution in [-0.2, 0) is 6.54 Å². The van der Waals surface area contributed by atoms with Gasteiger partial charge in [-0.05, 0) is 36.2 Å². The Morgan fingerprint density at radius 1 is 1.21 bits per heavy atom. The van der Waals surface area contributed by atoms with Crippen molar-refractivity contribution >= 4 is 21.6 Å². The Morgan fingerprint density at radius 3 is 2.89 bits per heavy atom. The molecule has 0 saturated heterocycles. The minimum Gasteiger partial charge on any atom is -0.490 e. The number of halogens is 1. The van der Waals surface area contributed by atoms with E-state index in [9.17, 15) is 0 Å². The van der Waals surface area contributed by atoms with Crippen molar-refractivity contribution in [2.75, 3.05) is 18.1 Å². The molecule has 0 aliphatic carbocycles. The first kappa shape index (κ1) is 12.5. The fourth-order valence-corrected chi connectivity index (χ4v) is 2.75. The average molecular weight is 318 g/mol. The molecule has 19 heavy (non-hydrogen) atoms. The van der Waals surface area contributed by atoms with E-state index in [0.29, 0.717) is 0 Å². The maximum absolute atomic E-state index is 5.73. The van der Waals surface area contributed by atoms with Crippen LogP contribution in [0.15, 0.2) is 46.9 Å². The van der Waals surface area contributed by atoms with Crippen LogP contribution in [0, 0.1) is 6.92 Å². The lowest BCUT2D eigenvalue weighted by Crippen LogP contribution is -2.32. The Morgan fingerprint density at radius 2 is 2.05 bits per heavy atom. The number of rotatable bonds is 2. The molecule has 1 aliphatic heterocycles. The van der Waals surface area contributed by atoms with Crippen molar-refractivity contribution in [1.29, 1.82) is 0 Å². The Kier molecular flexibility index (Phi) is 3.47. The van der Waals surface area contributed by atoms with Crippen molar-refractivity contribution in [2.24, 2.45) is 0 Å². The summed E-state index contributed by atoms with van der Waals surface area (Å²) >= 11 is 3.49. The van der Waals surface area contributed by atoms with Crippen molar-refractivity contribution in [3.05, 3.63) is 58.1 Å². The fourth-order valence-electron chi connectivity index (χ4n) is 2.41. The van der Waals surface area contributed by atoms with Gasteiger partial charge in [-0.2, -0.15) is 0 Å². The summed E-state index contributed by atoms with van der Waals surface area (Å²) in [6.45, 7) is 4.78. The highest BCUT2D eigenvalue weighted by molar-refractivity contribution is 9.10. The Hall–Kier alpha value is -1.48. The molecule has 3 rings (SSSR count). The fraction of sp³-hybridized carbons (Fsp3) is 0.250. The first-order valence-corrected chi connectivity index (χ1v) is 7.25. The van der Waals surface area contributed by atoms with Crippen LogP contribution < -0.4 is 9.64 Å². The van der Waals surface area contributed by atoms with Crippen molar-refractivity contribution in [2.45, 2.75) is 13.5 Å². The third-order valence-electron chi connectivity index (χ3n) is 3.50. The first-order chi connectivity index (χ1) is 9.24. The Labute approximate surface area is 122 Å². The van der Waals surface area contributed by atoms with Gasteiger partial charge in [-0.3, -0.25) is 0 Å². The molecule has 0 fully saturated rings. The maximum Gasteiger partial charge on any atom is 0.143 e. The van der Waals surface area contributed by atoms with Gasteiger partial charge in [0.25, 0.3) is 0 Å². The number of anilines is 1. The molecule has 0 saturated carbocycles. The summed E-state index contributed by atoms with van der Waals surface area (Å²) in [5, 5.41) is 0. The second-order valence-electron chi connectivity index (χ2n) is 4.81. The summed E-state index contributed by atoms with van der Waals surface area (Å²) in [5.74, 6) is 0.967. The van der Waals surface area contributed by atoms with Gasteiger partial charge in [0, 0.05) is 11.0 Å². The lowest BCUT2D eigenvalue weighted by Gasteiger charge is -2.31. The lowest BCUT2D eigenvalue weighted by molar-refractivity contribution is 0.306. The topological polar surface area (TPSA) is 12.5 Å². The molecule has 0 aromatic heterocycles. The van der Waals surface area contributed by atoms with Gasteiger partial charge in [-0.1, -0.05) is 40.2 Å². The van der Waals surface area contributed by atoms with Crippen LogP contribution in [-0.4, -0.2) is 13.2 Å². The molecule has 1 heterocycles. The average Bonchev–Trinajstić information content (AvgIpc) is 2.41. The molecule has 98 valence electrons. The standard InChI is InChI=1S/C16H16BrNO/c1-12-4-2-3-5-13(12)11-18-8-9-19-16-10-14(17)6-7-15(16)18/h2-7,10H,8-9,11H2,1H3. The van der Waals surface area contributed by atoms with E-state index in [-0.39, 0.29) is 0 Å². The van der Waals surface area contributed by atoms with Crippen LogP contribution >= 0.6 is 15.9 Å². The highest BCUT2D eigenvalue weighted by atomic mass is 79.9. The quantitative estimate of drug-likeness (QED) is 0.824. The van der Waals surface area contributed by atoms with Crippen LogP contribution in [0.25, 0.3) is 0 Å². The second kappa shape index (κ2) is 5.25. The molecule has 1 aliphatic rings. The van der Waals surface area contributed by atoms with Gasteiger partial charge < -0.3 is 9.64 Å². The summed E-state index contributed by atoms with van der Waals surface area (Å²) < 4.78 is 6.79. The van der Waals surface area contributed by atoms with E-state index in [0.717, 1.165) is 29.9 Å². The monoisotopic (exact) mass is 317 g/mol. The van der Waals surface area contributed by atoms with Crippen LogP contribution in [0.3, 0.4) is 0 Å². The van der Waals surface area contributed by atoms with Gasteiger partial charge in [0.05, 0.1) is 12.2 Å². The lowest BCUT2D eigenvalue weighted by atomic mass is 10.1. The van der Waals surface area contributed by atoms with Gasteiger partial charge >= 0.3 is 0 Å². The highest BCUT2D eigenvalue weighted by Crippen LogP contribution is 2.35. The van der Waals surface area contributed by atoms with Gasteiger partial charge in [-0.15, -0.1) is 0 Å². The molecular weight excluding hydrogens is 302 g/mol. The number of fused-ring (bicyclic) bond motifs is 1. The van der Waals surface area contributed by atoms with Crippen LogP contribution in [0.1, 0.15) is 11.1 Å². The van der Waals surface area contributed by atoms with E-state index in [1.54, 1.807) is 0 Å². The molecule has 2 nitrogen and oxygen atoms in total. The number of ether oxygens (including phenoxy) is 1. The summed E-state index contributed by atoms with van der Waals surface area (Å²) in [6.07, 6.45) is 0. The van der Waals surface area contributed by atoms with Crippen molar-refractivity contribution in [3.63, 3.8) is 0 Å². The molecule has 0 atom stereocenters. The molecule has 2 aromatic rings. The van der Waals surface area contributed by atoms with E-state index >= 15 is 0 Å². The van der Waals surface area contributed by atoms with Crippen LogP contribution in [0.4, 0.5) is 5.69 Å². The van der Waals surface area contributed by atoms with Gasteiger partial charge in [0.15, 0.2) is 0 Å². The number of hydrogen-bond donors (Lipinski definition) is 0. The van der Waals surface area contributed by atoms with Crippen LogP contribution in [0.5, 0.6) is 5.75 Å². The summed E-state index contributed by atoms with van der Waals surface area (Å²) in [6, 6.07) is 14.8. The third kappa shape index (κ3) is 2.61. The molecule has 0 amide bonds. The minimum atomic E-state index is 0.745. The summed E-state index contributed by atoms with van der Waals surface area (Å²) in [5.41, 5.74) is 3.89. The number of aryl methyl sites for hydroxylation is 1. The second-order valence-corrected chi connectivity index (χ2v) is 5.72. The third-order valence-corrected chi connectivity index (χ3v) is 4.00. The predicted octanol–water partition coefficient (Wildman–Crippen LogP) is 4.16. The van der Waals surface area contributed by atoms with Crippen molar-refractivity contribution in [3.8, 4) is 5.75 Å². The number of nitrogens with zero attached hydrogens (tertiary/aromatic N) is 1. The maximum atomic E-state index is 5.73. The van der Waals surface area contributed by atoms with E-state index in [1.165, 1.54) is 16.8 Å². The normalized spacial score (nSPS) is 13.9. The van der Waals surface area contributed by atoms with Gasteiger partial charge in [0.2, 0.25) is 0 Å². The van der Waals surface area contributed by atoms with Crippen LogP contribution in [0.2, 0.25) is 0 Å². The molecule has 0 radical (unpaired) electrons. The van der Waals surface area contributed by atoms with Gasteiger partial charge in [0.1, 0.15) is 12.4 Å². The van der Waals surface area contributed by atoms with E-state index in [1.807, 2.05) is 6.07 Å². The summed E-state index contributed by atoms with van der Waals surface area (Å²) in [4.78, 5) is 2.38. The zero-order chi connectivity index (χ0) is 13.2. The molecule has 0 unspecified atom stereocenters. The molecule has 2 aromatic carbocycles. The summed E-state index contributed by atoms with van der Waals surface area (Å²) in [7, 11) is 0. The Balaban J connectivity index is 1.90. The molecule has 3 heteroatoms. The highest BCUT2D eigenvalue weighted by Gasteiger charge is 2.18. The number of hydrogen-bond acceptors (Lipinski definition) is 2. The van der Waals surface area contributed by atoms with E-state index in [2.05, 4.69) is 64.2 Å². The first-order valence-electron chi connectivity index (χ1n) is 6.46. The molecule has 0 spiro atoms. The molecular formula is C16H16BrNO. The molecule has 0 N–H and O–H groups in total. The predicted molar refractivity (Wildman–Crippen MR) is 81.9 cm³/mol. The van der Waals surface area contributed by atoms with Crippen molar-refractivity contribution in [1.82, 2.24) is 0 Å². The van der Waals surface area contributed by atoms with Crippen molar-refractivity contribution < 1.29 is 4.74 Å². The largest absolute Gasteiger partial charge is 0.490 e. The smallest absolute Gasteiger partial charge is 0.143 e. The number of benzene rings is 2. The minimum absolute atomic E-state index is 0.745. The van der Waals surface area contributed by atoms with E-state index in [4.69, 9.17) is 4.74 Å². The SMILES string of the molecule is Cc1ccccc1CN1CCOc2cc(Br)ccc21. The Bertz CT molecular complexity index is 597. The van der Waals surface area contributed by atoms with E-state index < -0.39 is 0 Å².